The quantitative estimate of drug-likeness (QED) is 0.594. The largest absolute Gasteiger partial charge is 0.397 e. The van der Waals surface area contributed by atoms with Gasteiger partial charge in [-0.15, -0.1) is 4.94 Å². The lowest BCUT2D eigenvalue weighted by Gasteiger charge is -2.32. The number of nitrogens with zero attached hydrogens (tertiary/aromatic N) is 1. The average Bonchev–Trinajstić information content (AvgIpc) is 2.53. The lowest BCUT2D eigenvalue weighted by molar-refractivity contribution is -1.11. The number of quaternary nitrogens is 1. The van der Waals surface area contributed by atoms with Gasteiger partial charge in [-0.05, 0) is 11.6 Å². The van der Waals surface area contributed by atoms with E-state index in [0.717, 1.165) is 5.70 Å². The van der Waals surface area contributed by atoms with Crippen LogP contribution in [0.25, 0.3) is 6.08 Å². The maximum Gasteiger partial charge on any atom is 0.186 e. The monoisotopic (exact) mass is 220 g/mol. The number of likely N-dealkylation sites (N-methyl/N-ethyl adjacent to an activating group) is 1. The molecular formula is C12H18N3O+. The van der Waals surface area contributed by atoms with Crippen LogP contribution in [-0.2, 0) is 4.94 Å². The van der Waals surface area contributed by atoms with Crippen LogP contribution >= 0.6 is 0 Å². The van der Waals surface area contributed by atoms with Crippen molar-refractivity contribution < 1.29 is 9.58 Å². The van der Waals surface area contributed by atoms with E-state index < -0.39 is 0 Å². The maximum atomic E-state index is 6.08. The van der Waals surface area contributed by atoms with E-state index in [1.807, 2.05) is 32.3 Å². The van der Waals surface area contributed by atoms with E-state index in [1.165, 1.54) is 11.1 Å². The van der Waals surface area contributed by atoms with E-state index in [2.05, 4.69) is 17.6 Å². The Balaban J connectivity index is 2.40. The van der Waals surface area contributed by atoms with E-state index in [9.17, 15) is 0 Å². The van der Waals surface area contributed by atoms with Crippen molar-refractivity contribution in [2.24, 2.45) is 5.73 Å². The normalized spacial score (nSPS) is 19.4. The van der Waals surface area contributed by atoms with Gasteiger partial charge in [0.25, 0.3) is 0 Å². The fourth-order valence-electron chi connectivity index (χ4n) is 2.31. The minimum atomic E-state index is 0.0450. The Morgan fingerprint density at radius 2 is 2.00 bits per heavy atom. The maximum absolute atomic E-state index is 6.08. The molecule has 0 amide bonds. The van der Waals surface area contributed by atoms with Crippen molar-refractivity contribution in [3.05, 3.63) is 41.1 Å². The summed E-state index contributed by atoms with van der Waals surface area (Å²) < 4.78 is 0.329. The van der Waals surface area contributed by atoms with Gasteiger partial charge in [-0.2, -0.15) is 10.1 Å². The highest BCUT2D eigenvalue weighted by Crippen LogP contribution is 2.38. The second-order valence-electron chi connectivity index (χ2n) is 4.41. The molecule has 0 bridgehead atoms. The van der Waals surface area contributed by atoms with Crippen molar-refractivity contribution in [3.8, 4) is 0 Å². The topological polar surface area (TPSA) is 47.3 Å². The number of fused-ring (bicyclic) bond motifs is 1. The molecule has 0 heterocycles. The number of nitrogens with one attached hydrogen (secondary N) is 1. The van der Waals surface area contributed by atoms with Crippen molar-refractivity contribution in [2.45, 2.75) is 6.04 Å². The number of hydroxylamine groups is 4. The van der Waals surface area contributed by atoms with Crippen LogP contribution in [-0.4, -0.2) is 25.8 Å². The molecule has 1 aromatic rings. The van der Waals surface area contributed by atoms with E-state index in [1.54, 1.807) is 7.05 Å². The van der Waals surface area contributed by atoms with Crippen LogP contribution in [0.2, 0.25) is 0 Å². The minimum absolute atomic E-state index is 0.0450. The lowest BCUT2D eigenvalue weighted by Crippen LogP contribution is -2.47. The predicted octanol–water partition coefficient (Wildman–Crippen LogP) is 1.18. The molecule has 16 heavy (non-hydrogen) atoms. The first-order valence-electron chi connectivity index (χ1n) is 5.31. The van der Waals surface area contributed by atoms with E-state index in [-0.39, 0.29) is 6.04 Å². The van der Waals surface area contributed by atoms with Crippen molar-refractivity contribution in [2.75, 3.05) is 21.1 Å². The summed E-state index contributed by atoms with van der Waals surface area (Å²) in [6.07, 6.45) is 2.01. The highest BCUT2D eigenvalue weighted by molar-refractivity contribution is 5.64. The standard InChI is InChI=1S/C12H18N3O/c1-14-16-15(2,3)12-10-7-5-4-6-9(10)8-11(12)13/h4-8,12,14H,13H2,1-3H3/q+1. The Labute approximate surface area is 95.8 Å². The number of hydrogen-bond donors (Lipinski definition) is 2. The zero-order chi connectivity index (χ0) is 11.8. The summed E-state index contributed by atoms with van der Waals surface area (Å²) in [6, 6.07) is 8.25. The summed E-state index contributed by atoms with van der Waals surface area (Å²) in [5, 5.41) is 0. The third-order valence-corrected chi connectivity index (χ3v) is 2.88. The third-order valence-electron chi connectivity index (χ3n) is 2.88. The molecule has 4 heteroatoms. The van der Waals surface area contributed by atoms with Gasteiger partial charge in [0.05, 0.1) is 5.70 Å². The van der Waals surface area contributed by atoms with Crippen LogP contribution in [0.15, 0.2) is 30.0 Å². The highest BCUT2D eigenvalue weighted by Gasteiger charge is 2.39. The summed E-state index contributed by atoms with van der Waals surface area (Å²) in [6.45, 7) is 0. The molecule has 0 saturated heterocycles. The first kappa shape index (κ1) is 11.1. The molecule has 1 aliphatic carbocycles. The molecule has 0 saturated carbocycles. The Bertz CT molecular complexity index is 426. The molecule has 1 unspecified atom stereocenters. The second-order valence-corrected chi connectivity index (χ2v) is 4.41. The summed E-state index contributed by atoms with van der Waals surface area (Å²) in [5.74, 6) is 0. The lowest BCUT2D eigenvalue weighted by atomic mass is 10.1. The SMILES string of the molecule is CNO[N+](C)(C)C1C(N)=Cc2ccccc21. The average molecular weight is 220 g/mol. The van der Waals surface area contributed by atoms with Gasteiger partial charge in [-0.1, -0.05) is 24.3 Å². The molecule has 0 aliphatic heterocycles. The molecular weight excluding hydrogens is 202 g/mol. The van der Waals surface area contributed by atoms with Gasteiger partial charge in [0.1, 0.15) is 14.1 Å². The third kappa shape index (κ3) is 1.71. The molecule has 0 aromatic heterocycles. The number of hydrogen-bond acceptors (Lipinski definition) is 3. The van der Waals surface area contributed by atoms with Gasteiger partial charge in [0.2, 0.25) is 0 Å². The Morgan fingerprint density at radius 1 is 1.31 bits per heavy atom. The summed E-state index contributed by atoms with van der Waals surface area (Å²) in [7, 11) is 5.70. The number of benzene rings is 1. The van der Waals surface area contributed by atoms with Crippen molar-refractivity contribution in [1.82, 2.24) is 5.48 Å². The Hall–Kier alpha value is -1.36. The van der Waals surface area contributed by atoms with Gasteiger partial charge in [-0.25, -0.2) is 0 Å². The molecule has 3 N–H and O–H groups in total. The van der Waals surface area contributed by atoms with Gasteiger partial charge >= 0.3 is 0 Å². The number of rotatable bonds is 3. The van der Waals surface area contributed by atoms with E-state index in [0.29, 0.717) is 4.65 Å². The molecule has 86 valence electrons. The molecule has 4 nitrogen and oxygen atoms in total. The second kappa shape index (κ2) is 3.90. The van der Waals surface area contributed by atoms with Crippen LogP contribution in [0, 0.1) is 0 Å². The van der Waals surface area contributed by atoms with Gasteiger partial charge in [0.15, 0.2) is 6.04 Å². The molecule has 0 radical (unpaired) electrons. The summed E-state index contributed by atoms with van der Waals surface area (Å²) in [5.41, 5.74) is 12.0. The van der Waals surface area contributed by atoms with Crippen LogP contribution in [0.5, 0.6) is 0 Å². The minimum Gasteiger partial charge on any atom is -0.397 e. The fourth-order valence-corrected chi connectivity index (χ4v) is 2.31. The van der Waals surface area contributed by atoms with E-state index >= 15 is 0 Å². The molecule has 1 aromatic carbocycles. The fraction of sp³-hybridized carbons (Fsp3) is 0.333. The van der Waals surface area contributed by atoms with Crippen LogP contribution in [0.1, 0.15) is 17.2 Å². The smallest absolute Gasteiger partial charge is 0.186 e. The predicted molar refractivity (Wildman–Crippen MR) is 63.6 cm³/mol. The number of nitrogens with two attached hydrogens (primary N) is 1. The zero-order valence-corrected chi connectivity index (χ0v) is 9.90. The zero-order valence-electron chi connectivity index (χ0n) is 9.90. The van der Waals surface area contributed by atoms with Crippen molar-refractivity contribution >= 4 is 6.08 Å². The Kier molecular flexibility index (Phi) is 2.71. The molecule has 0 spiro atoms. The van der Waals surface area contributed by atoms with Crippen LogP contribution < -0.4 is 11.2 Å². The van der Waals surface area contributed by atoms with Gasteiger partial charge < -0.3 is 5.73 Å². The first-order chi connectivity index (χ1) is 7.56. The van der Waals surface area contributed by atoms with Gasteiger partial charge in [-0.3, -0.25) is 0 Å². The molecule has 1 atom stereocenters. The van der Waals surface area contributed by atoms with Crippen LogP contribution in [0.4, 0.5) is 0 Å². The van der Waals surface area contributed by atoms with Crippen molar-refractivity contribution in [3.63, 3.8) is 0 Å². The summed E-state index contributed by atoms with van der Waals surface area (Å²) >= 11 is 0. The van der Waals surface area contributed by atoms with Crippen LogP contribution in [0.3, 0.4) is 0 Å². The van der Waals surface area contributed by atoms with Crippen molar-refractivity contribution in [1.29, 1.82) is 0 Å². The Morgan fingerprint density at radius 3 is 2.69 bits per heavy atom. The molecule has 1 aliphatic rings. The van der Waals surface area contributed by atoms with Gasteiger partial charge in [0, 0.05) is 12.6 Å². The highest BCUT2D eigenvalue weighted by atomic mass is 16.8. The molecule has 0 fully saturated rings. The summed E-state index contributed by atoms with van der Waals surface area (Å²) in [4.78, 5) is 5.51. The first-order valence-corrected chi connectivity index (χ1v) is 5.31. The molecule has 2 rings (SSSR count). The van der Waals surface area contributed by atoms with E-state index in [4.69, 9.17) is 10.7 Å².